The molecule has 0 saturated heterocycles. The summed E-state index contributed by atoms with van der Waals surface area (Å²) in [6.45, 7) is 4.89. The van der Waals surface area contributed by atoms with Crippen LogP contribution in [0.15, 0.2) is 42.7 Å². The minimum absolute atomic E-state index is 0.203. The summed E-state index contributed by atoms with van der Waals surface area (Å²) in [5.74, 6) is 1.30. The molecule has 1 N–H and O–H groups in total. The van der Waals surface area contributed by atoms with Crippen LogP contribution in [0.1, 0.15) is 11.1 Å². The van der Waals surface area contributed by atoms with Crippen molar-refractivity contribution in [1.82, 2.24) is 4.57 Å². The average Bonchev–Trinajstić information content (AvgIpc) is 2.89. The quantitative estimate of drug-likeness (QED) is 0.701. The molecule has 25 heavy (non-hydrogen) atoms. The highest BCUT2D eigenvalue weighted by atomic mass is 16.5. The van der Waals surface area contributed by atoms with Gasteiger partial charge in [-0.15, -0.1) is 0 Å². The van der Waals surface area contributed by atoms with Gasteiger partial charge in [0, 0.05) is 0 Å². The Bertz CT molecular complexity index is 886. The molecule has 1 heterocycles. The van der Waals surface area contributed by atoms with E-state index in [1.807, 2.05) is 37.6 Å². The summed E-state index contributed by atoms with van der Waals surface area (Å²) in [5, 5.41) is 10.4. The first kappa shape index (κ1) is 17.3. The third-order valence-corrected chi connectivity index (χ3v) is 4.50. The summed E-state index contributed by atoms with van der Waals surface area (Å²) in [7, 11) is 3.63. The average molecular weight is 341 g/mol. The number of nitrogens with zero attached hydrogens (tertiary/aromatic N) is 2. The van der Waals surface area contributed by atoms with Crippen molar-refractivity contribution in [3.63, 3.8) is 0 Å². The molecular weight excluding hydrogens is 316 g/mol. The van der Waals surface area contributed by atoms with Crippen LogP contribution in [0, 0.1) is 13.8 Å². The highest BCUT2D eigenvalue weighted by Gasteiger charge is 2.18. The summed E-state index contributed by atoms with van der Waals surface area (Å²) in [4.78, 5) is 0. The topological polar surface area (TPSA) is 47.5 Å². The Hall–Kier alpha value is -2.53. The Morgan fingerprint density at radius 1 is 1.12 bits per heavy atom. The summed E-state index contributed by atoms with van der Waals surface area (Å²) in [6.07, 6.45) is 1.39. The minimum Gasteiger partial charge on any atom is -0.493 e. The first-order chi connectivity index (χ1) is 12.0. The second-order valence-corrected chi connectivity index (χ2v) is 6.42. The van der Waals surface area contributed by atoms with E-state index in [4.69, 9.17) is 9.47 Å². The van der Waals surface area contributed by atoms with Crippen molar-refractivity contribution in [2.75, 3.05) is 13.7 Å². The van der Waals surface area contributed by atoms with E-state index in [0.29, 0.717) is 18.0 Å². The Morgan fingerprint density at radius 2 is 1.80 bits per heavy atom. The molecule has 0 amide bonds. The molecule has 132 valence electrons. The maximum absolute atomic E-state index is 10.4. The predicted molar refractivity (Wildman–Crippen MR) is 97.1 cm³/mol. The van der Waals surface area contributed by atoms with Crippen molar-refractivity contribution in [2.45, 2.75) is 26.5 Å². The fourth-order valence-corrected chi connectivity index (χ4v) is 2.98. The molecule has 0 saturated carbocycles. The Labute approximate surface area is 148 Å². The standard InChI is InChI=1S/C20H25N2O3/c1-14-9-17-18(10-15(14)2)22(13-21(17)3)11-16(23)12-25-20-8-6-5-7-19(20)24-4/h5-10,13,16,23H,11-12H2,1-4H3/q+1. The van der Waals surface area contributed by atoms with Crippen molar-refractivity contribution < 1.29 is 19.1 Å². The number of rotatable bonds is 6. The van der Waals surface area contributed by atoms with Crippen LogP contribution in [0.2, 0.25) is 0 Å². The van der Waals surface area contributed by atoms with Gasteiger partial charge in [-0.1, -0.05) is 12.1 Å². The second-order valence-electron chi connectivity index (χ2n) is 6.42. The van der Waals surface area contributed by atoms with Gasteiger partial charge in [0.2, 0.25) is 6.33 Å². The van der Waals surface area contributed by atoms with Gasteiger partial charge in [-0.25, -0.2) is 9.13 Å². The molecule has 0 aliphatic heterocycles. The zero-order valence-electron chi connectivity index (χ0n) is 15.2. The van der Waals surface area contributed by atoms with E-state index >= 15 is 0 Å². The Morgan fingerprint density at radius 3 is 2.52 bits per heavy atom. The number of aliphatic hydroxyl groups is 1. The molecule has 3 rings (SSSR count). The van der Waals surface area contributed by atoms with E-state index in [9.17, 15) is 5.11 Å². The van der Waals surface area contributed by atoms with Crippen LogP contribution in [0.4, 0.5) is 0 Å². The molecule has 0 spiro atoms. The maximum Gasteiger partial charge on any atom is 0.244 e. The van der Waals surface area contributed by atoms with Crippen LogP contribution < -0.4 is 14.0 Å². The lowest BCUT2D eigenvalue weighted by molar-refractivity contribution is -0.645. The smallest absolute Gasteiger partial charge is 0.244 e. The van der Waals surface area contributed by atoms with E-state index in [0.717, 1.165) is 11.0 Å². The number of imidazole rings is 1. The fraction of sp³-hybridized carbons (Fsp3) is 0.350. The monoisotopic (exact) mass is 341 g/mol. The van der Waals surface area contributed by atoms with Gasteiger partial charge < -0.3 is 14.6 Å². The number of hydrogen-bond acceptors (Lipinski definition) is 3. The Balaban J connectivity index is 1.74. The number of aryl methyl sites for hydroxylation is 3. The number of aliphatic hydroxyl groups excluding tert-OH is 1. The van der Waals surface area contributed by atoms with Gasteiger partial charge in [0.1, 0.15) is 19.3 Å². The van der Waals surface area contributed by atoms with Crippen LogP contribution in [0.25, 0.3) is 11.0 Å². The molecular formula is C20H25N2O3+. The maximum atomic E-state index is 10.4. The normalized spacial score (nSPS) is 12.4. The summed E-state index contributed by atoms with van der Waals surface area (Å²) in [5.41, 5.74) is 4.77. The van der Waals surface area contributed by atoms with Gasteiger partial charge in [-0.3, -0.25) is 0 Å². The molecule has 1 unspecified atom stereocenters. The number of ether oxygens (including phenoxy) is 2. The van der Waals surface area contributed by atoms with Crippen molar-refractivity contribution in [2.24, 2.45) is 7.05 Å². The molecule has 0 bridgehead atoms. The van der Waals surface area contributed by atoms with Crippen molar-refractivity contribution in [3.8, 4) is 11.5 Å². The third kappa shape index (κ3) is 3.61. The number of benzene rings is 2. The molecule has 1 atom stereocenters. The van der Waals surface area contributed by atoms with Crippen LogP contribution in [-0.4, -0.2) is 29.5 Å². The van der Waals surface area contributed by atoms with E-state index in [-0.39, 0.29) is 6.61 Å². The van der Waals surface area contributed by atoms with Crippen LogP contribution in [0.5, 0.6) is 11.5 Å². The molecule has 5 heteroatoms. The number of aromatic nitrogens is 2. The molecule has 5 nitrogen and oxygen atoms in total. The van der Waals surface area contributed by atoms with E-state index in [1.165, 1.54) is 11.1 Å². The van der Waals surface area contributed by atoms with Gasteiger partial charge in [-0.05, 0) is 49.2 Å². The van der Waals surface area contributed by atoms with Crippen LogP contribution in [0.3, 0.4) is 0 Å². The highest BCUT2D eigenvalue weighted by molar-refractivity contribution is 5.74. The molecule has 0 radical (unpaired) electrons. The number of methoxy groups -OCH3 is 1. The Kier molecular flexibility index (Phi) is 4.95. The molecule has 2 aromatic carbocycles. The largest absolute Gasteiger partial charge is 0.493 e. The van der Waals surface area contributed by atoms with Crippen molar-refractivity contribution in [1.29, 1.82) is 0 Å². The molecule has 1 aromatic heterocycles. The van der Waals surface area contributed by atoms with E-state index in [1.54, 1.807) is 7.11 Å². The zero-order chi connectivity index (χ0) is 18.0. The van der Waals surface area contributed by atoms with Gasteiger partial charge in [0.25, 0.3) is 0 Å². The van der Waals surface area contributed by atoms with Gasteiger partial charge in [-0.2, -0.15) is 0 Å². The van der Waals surface area contributed by atoms with Crippen molar-refractivity contribution >= 4 is 11.0 Å². The summed E-state index contributed by atoms with van der Waals surface area (Å²) < 4.78 is 15.1. The number of fused-ring (bicyclic) bond motifs is 1. The predicted octanol–water partition coefficient (Wildman–Crippen LogP) is 2.53. The van der Waals surface area contributed by atoms with Crippen molar-refractivity contribution in [3.05, 3.63) is 53.9 Å². The first-order valence-corrected chi connectivity index (χ1v) is 8.39. The minimum atomic E-state index is -0.623. The summed E-state index contributed by atoms with van der Waals surface area (Å²) >= 11 is 0. The lowest BCUT2D eigenvalue weighted by Crippen LogP contribution is -2.27. The first-order valence-electron chi connectivity index (χ1n) is 8.39. The fourth-order valence-electron chi connectivity index (χ4n) is 2.98. The number of para-hydroxylation sites is 2. The highest BCUT2D eigenvalue weighted by Crippen LogP contribution is 2.26. The number of hydrogen-bond donors (Lipinski definition) is 1. The van der Waals surface area contributed by atoms with Crippen LogP contribution in [-0.2, 0) is 13.6 Å². The molecule has 3 aromatic rings. The van der Waals surface area contributed by atoms with Crippen LogP contribution >= 0.6 is 0 Å². The second kappa shape index (κ2) is 7.15. The van der Waals surface area contributed by atoms with Gasteiger partial charge in [0.15, 0.2) is 22.5 Å². The lowest BCUT2D eigenvalue weighted by Gasteiger charge is -2.13. The molecule has 0 fully saturated rings. The summed E-state index contributed by atoms with van der Waals surface area (Å²) in [6, 6.07) is 11.8. The molecule has 0 aliphatic carbocycles. The van der Waals surface area contributed by atoms with E-state index < -0.39 is 6.10 Å². The lowest BCUT2D eigenvalue weighted by atomic mass is 10.1. The van der Waals surface area contributed by atoms with Gasteiger partial charge in [0.05, 0.1) is 14.2 Å². The van der Waals surface area contributed by atoms with E-state index in [2.05, 4.69) is 35.1 Å². The van der Waals surface area contributed by atoms with Gasteiger partial charge >= 0.3 is 0 Å². The molecule has 0 aliphatic rings. The zero-order valence-corrected chi connectivity index (χ0v) is 15.2. The SMILES string of the molecule is COc1ccccc1OCC(O)Cn1c[n+](C)c2cc(C)c(C)cc21. The third-order valence-electron chi connectivity index (χ3n) is 4.50.